The quantitative estimate of drug-likeness (QED) is 0.737. The maximum absolute atomic E-state index is 8.64. The van der Waals surface area contributed by atoms with E-state index < -0.39 is 0 Å². The highest BCUT2D eigenvalue weighted by Crippen LogP contribution is 2.18. The van der Waals surface area contributed by atoms with Gasteiger partial charge in [0.25, 0.3) is 0 Å². The summed E-state index contributed by atoms with van der Waals surface area (Å²) in [7, 11) is 0. The lowest BCUT2D eigenvalue weighted by atomic mass is 10.2. The zero-order chi connectivity index (χ0) is 10.8. The van der Waals surface area contributed by atoms with Crippen LogP contribution in [0.1, 0.15) is 11.3 Å². The molecule has 0 aliphatic carbocycles. The third-order valence-electron chi connectivity index (χ3n) is 2.12. The minimum Gasteiger partial charge on any atom is -0.240 e. The van der Waals surface area contributed by atoms with Crippen molar-refractivity contribution in [2.75, 3.05) is 0 Å². The van der Waals surface area contributed by atoms with Crippen molar-refractivity contribution in [3.63, 3.8) is 0 Å². The summed E-state index contributed by atoms with van der Waals surface area (Å²) < 4.78 is 1.63. The van der Waals surface area contributed by atoms with E-state index in [0.29, 0.717) is 10.7 Å². The smallest absolute Gasteiger partial charge is 0.162 e. The average molecular weight is 218 g/mol. The van der Waals surface area contributed by atoms with E-state index in [9.17, 15) is 0 Å². The first-order valence-electron chi connectivity index (χ1n) is 4.43. The van der Waals surface area contributed by atoms with Gasteiger partial charge in [-0.3, -0.25) is 0 Å². The molecule has 4 heteroatoms. The van der Waals surface area contributed by atoms with Crippen LogP contribution in [0.15, 0.2) is 30.5 Å². The van der Waals surface area contributed by atoms with E-state index in [1.165, 1.54) is 0 Å². The minimum absolute atomic E-state index is 0.395. The Morgan fingerprint density at radius 1 is 1.40 bits per heavy atom. The van der Waals surface area contributed by atoms with Gasteiger partial charge in [-0.1, -0.05) is 17.7 Å². The second-order valence-electron chi connectivity index (χ2n) is 3.19. The first kappa shape index (κ1) is 9.75. The lowest BCUT2D eigenvalue weighted by Gasteiger charge is -2.03. The molecule has 0 saturated carbocycles. The van der Waals surface area contributed by atoms with Crippen LogP contribution in [-0.4, -0.2) is 9.78 Å². The lowest BCUT2D eigenvalue weighted by molar-refractivity contribution is 0.873. The molecule has 2 aromatic rings. The molecular formula is C11H8ClN3. The van der Waals surface area contributed by atoms with Crippen molar-refractivity contribution in [2.45, 2.75) is 6.92 Å². The van der Waals surface area contributed by atoms with Crippen LogP contribution in [0.25, 0.3) is 5.69 Å². The van der Waals surface area contributed by atoms with E-state index in [0.717, 1.165) is 11.3 Å². The third kappa shape index (κ3) is 1.85. The van der Waals surface area contributed by atoms with Crippen LogP contribution in [0.2, 0.25) is 5.02 Å². The van der Waals surface area contributed by atoms with Crippen LogP contribution in [0.3, 0.4) is 0 Å². The fraction of sp³-hybridized carbons (Fsp3) is 0.0909. The minimum atomic E-state index is 0.395. The van der Waals surface area contributed by atoms with Crippen LogP contribution in [0, 0.1) is 18.3 Å². The summed E-state index contributed by atoms with van der Waals surface area (Å²) in [5.74, 6) is 0. The van der Waals surface area contributed by atoms with Gasteiger partial charge < -0.3 is 0 Å². The number of nitriles is 1. The van der Waals surface area contributed by atoms with Gasteiger partial charge in [-0.25, -0.2) is 4.68 Å². The van der Waals surface area contributed by atoms with Gasteiger partial charge in [0.1, 0.15) is 6.07 Å². The van der Waals surface area contributed by atoms with Gasteiger partial charge in [-0.05, 0) is 30.7 Å². The van der Waals surface area contributed by atoms with Crippen LogP contribution in [0.5, 0.6) is 0 Å². The maximum atomic E-state index is 8.64. The van der Waals surface area contributed by atoms with Crippen LogP contribution in [-0.2, 0) is 0 Å². The summed E-state index contributed by atoms with van der Waals surface area (Å²) in [6.45, 7) is 1.94. The zero-order valence-corrected chi connectivity index (χ0v) is 8.86. The second kappa shape index (κ2) is 3.76. The number of rotatable bonds is 1. The van der Waals surface area contributed by atoms with Gasteiger partial charge in [0, 0.05) is 11.2 Å². The molecule has 0 fully saturated rings. The van der Waals surface area contributed by atoms with Crippen LogP contribution >= 0.6 is 11.6 Å². The summed E-state index contributed by atoms with van der Waals surface area (Å²) in [5, 5.41) is 13.4. The lowest BCUT2D eigenvalue weighted by Crippen LogP contribution is -1.95. The molecule has 0 N–H and O–H groups in total. The van der Waals surface area contributed by atoms with Crippen molar-refractivity contribution < 1.29 is 0 Å². The molecule has 74 valence electrons. The van der Waals surface area contributed by atoms with Crippen LogP contribution < -0.4 is 0 Å². The molecule has 1 heterocycles. The monoisotopic (exact) mass is 217 g/mol. The van der Waals surface area contributed by atoms with Gasteiger partial charge in [-0.2, -0.15) is 10.4 Å². The van der Waals surface area contributed by atoms with E-state index in [-0.39, 0.29) is 0 Å². The summed E-state index contributed by atoms with van der Waals surface area (Å²) in [6.07, 6.45) is 1.74. The number of nitrogens with zero attached hydrogens (tertiary/aromatic N) is 3. The van der Waals surface area contributed by atoms with Gasteiger partial charge >= 0.3 is 0 Å². The number of aryl methyl sites for hydroxylation is 1. The number of aromatic nitrogens is 2. The highest BCUT2D eigenvalue weighted by molar-refractivity contribution is 6.31. The molecule has 0 atom stereocenters. The average Bonchev–Trinajstić information content (AvgIpc) is 2.70. The summed E-state index contributed by atoms with van der Waals surface area (Å²) in [6, 6.07) is 9.30. The second-order valence-corrected chi connectivity index (χ2v) is 3.60. The van der Waals surface area contributed by atoms with Crippen LogP contribution in [0.4, 0.5) is 0 Å². The predicted molar refractivity (Wildman–Crippen MR) is 58.0 cm³/mol. The molecule has 0 aliphatic heterocycles. The van der Waals surface area contributed by atoms with Crippen molar-refractivity contribution in [2.24, 2.45) is 0 Å². The normalized spacial score (nSPS) is 9.93. The molecular weight excluding hydrogens is 210 g/mol. The Hall–Kier alpha value is -1.79. The van der Waals surface area contributed by atoms with E-state index in [1.807, 2.05) is 31.2 Å². The Labute approximate surface area is 92.5 Å². The summed E-state index contributed by atoms with van der Waals surface area (Å²) >= 11 is 6.00. The molecule has 1 aromatic carbocycles. The summed E-state index contributed by atoms with van der Waals surface area (Å²) in [4.78, 5) is 0. The number of benzene rings is 1. The molecule has 0 aliphatic rings. The molecule has 0 saturated heterocycles. The molecule has 0 spiro atoms. The van der Waals surface area contributed by atoms with E-state index in [2.05, 4.69) is 5.10 Å². The molecule has 0 amide bonds. The van der Waals surface area contributed by atoms with E-state index in [4.69, 9.17) is 16.9 Å². The third-order valence-corrected chi connectivity index (χ3v) is 2.53. The molecule has 15 heavy (non-hydrogen) atoms. The predicted octanol–water partition coefficient (Wildman–Crippen LogP) is 2.71. The van der Waals surface area contributed by atoms with E-state index in [1.54, 1.807) is 16.9 Å². The van der Waals surface area contributed by atoms with Crippen molar-refractivity contribution >= 4 is 11.6 Å². The molecule has 1 aromatic heterocycles. The van der Waals surface area contributed by atoms with Gasteiger partial charge in [0.2, 0.25) is 0 Å². The molecule has 2 rings (SSSR count). The number of hydrogen-bond donors (Lipinski definition) is 0. The van der Waals surface area contributed by atoms with Gasteiger partial charge in [-0.15, -0.1) is 0 Å². The highest BCUT2D eigenvalue weighted by atomic mass is 35.5. The number of halogens is 1. The largest absolute Gasteiger partial charge is 0.240 e. The fourth-order valence-corrected chi connectivity index (χ4v) is 1.43. The standard InChI is InChI=1S/C11H8ClN3/c1-8-2-3-10(6-11(8)12)15-5-4-9(7-13)14-15/h2-6H,1H3. The fourth-order valence-electron chi connectivity index (χ4n) is 1.25. The van der Waals surface area contributed by atoms with Gasteiger partial charge in [0.15, 0.2) is 5.69 Å². The van der Waals surface area contributed by atoms with Crippen molar-refractivity contribution in [1.82, 2.24) is 9.78 Å². The molecule has 0 unspecified atom stereocenters. The Morgan fingerprint density at radius 3 is 2.80 bits per heavy atom. The first-order chi connectivity index (χ1) is 7.20. The summed E-state index contributed by atoms with van der Waals surface area (Å²) in [5.41, 5.74) is 2.27. The number of hydrogen-bond acceptors (Lipinski definition) is 2. The Bertz CT molecular complexity index is 537. The molecule has 0 bridgehead atoms. The topological polar surface area (TPSA) is 41.6 Å². The Kier molecular flexibility index (Phi) is 2.44. The first-order valence-corrected chi connectivity index (χ1v) is 4.81. The Morgan fingerprint density at radius 2 is 2.20 bits per heavy atom. The van der Waals surface area contributed by atoms with Crippen molar-refractivity contribution in [3.05, 3.63) is 46.7 Å². The maximum Gasteiger partial charge on any atom is 0.162 e. The highest BCUT2D eigenvalue weighted by Gasteiger charge is 2.02. The van der Waals surface area contributed by atoms with Crippen molar-refractivity contribution in [3.8, 4) is 11.8 Å². The SMILES string of the molecule is Cc1ccc(-n2ccc(C#N)n2)cc1Cl. The van der Waals surface area contributed by atoms with Gasteiger partial charge in [0.05, 0.1) is 5.69 Å². The zero-order valence-electron chi connectivity index (χ0n) is 8.11. The van der Waals surface area contributed by atoms with E-state index >= 15 is 0 Å². The molecule has 0 radical (unpaired) electrons. The van der Waals surface area contributed by atoms with Crippen molar-refractivity contribution in [1.29, 1.82) is 5.26 Å². The molecule has 3 nitrogen and oxygen atoms in total. The Balaban J connectivity index is 2.46.